The van der Waals surface area contributed by atoms with Crippen LogP contribution in [0.25, 0.3) is 10.9 Å². The summed E-state index contributed by atoms with van der Waals surface area (Å²) in [5.74, 6) is -1.15. The Balaban J connectivity index is 1.46. The number of halogens is 1. The van der Waals surface area contributed by atoms with Gasteiger partial charge in [0, 0.05) is 29.7 Å². The molecule has 1 aliphatic rings. The van der Waals surface area contributed by atoms with Gasteiger partial charge in [0.1, 0.15) is 0 Å². The number of esters is 2. The van der Waals surface area contributed by atoms with Crippen LogP contribution >= 0.6 is 11.6 Å². The lowest BCUT2D eigenvalue weighted by molar-refractivity contribution is -0.173. The number of unbranched alkanes of at least 4 members (excludes halogenated alkanes) is 2. The predicted octanol–water partition coefficient (Wildman–Crippen LogP) is 4.11. The molecule has 0 aliphatic carbocycles. The van der Waals surface area contributed by atoms with E-state index in [0.717, 1.165) is 42.1 Å². The fraction of sp³-hybridized carbons (Fsp3) is 0.476. The van der Waals surface area contributed by atoms with Gasteiger partial charge in [-0.3, -0.25) is 4.79 Å². The molecule has 0 bridgehead atoms. The summed E-state index contributed by atoms with van der Waals surface area (Å²) in [6.07, 6.45) is 5.74. The molecule has 1 aliphatic heterocycles. The standard InChI is InChI=1S/C21H25ClN2O5/c1-27-19(25)14-21(20(26)28-2)13-17(23-29-21)6-4-3-5-10-24-11-9-15-7-8-16(22)12-18(15)24/h7-9,11-12H,3-6,10,13-14H2,1-2H3. The van der Waals surface area contributed by atoms with E-state index >= 15 is 0 Å². The van der Waals surface area contributed by atoms with Crippen molar-refractivity contribution in [2.75, 3.05) is 14.2 Å². The molecule has 1 unspecified atom stereocenters. The van der Waals surface area contributed by atoms with Crippen molar-refractivity contribution in [1.82, 2.24) is 4.57 Å². The van der Waals surface area contributed by atoms with E-state index in [1.807, 2.05) is 18.2 Å². The van der Waals surface area contributed by atoms with Crippen LogP contribution in [0.15, 0.2) is 35.6 Å². The molecular weight excluding hydrogens is 396 g/mol. The van der Waals surface area contributed by atoms with Crippen molar-refractivity contribution >= 4 is 40.2 Å². The van der Waals surface area contributed by atoms with Gasteiger partial charge in [0.15, 0.2) is 0 Å². The number of oxime groups is 1. The molecule has 0 spiro atoms. The summed E-state index contributed by atoms with van der Waals surface area (Å²) in [4.78, 5) is 29.1. The van der Waals surface area contributed by atoms with E-state index in [-0.39, 0.29) is 12.8 Å². The summed E-state index contributed by atoms with van der Waals surface area (Å²) in [5, 5.41) is 5.94. The van der Waals surface area contributed by atoms with E-state index in [0.29, 0.717) is 6.42 Å². The highest BCUT2D eigenvalue weighted by Gasteiger charge is 2.49. The number of aryl methyl sites for hydroxylation is 1. The van der Waals surface area contributed by atoms with Gasteiger partial charge in [0.25, 0.3) is 0 Å². The molecule has 3 rings (SSSR count). The summed E-state index contributed by atoms with van der Waals surface area (Å²) < 4.78 is 11.7. The van der Waals surface area contributed by atoms with Gasteiger partial charge in [-0.1, -0.05) is 29.2 Å². The number of hydrogen-bond acceptors (Lipinski definition) is 6. The summed E-state index contributed by atoms with van der Waals surface area (Å²) >= 11 is 6.10. The van der Waals surface area contributed by atoms with Crippen LogP contribution in [-0.2, 0) is 30.4 Å². The lowest BCUT2D eigenvalue weighted by atomic mass is 9.92. The Morgan fingerprint density at radius 1 is 1.21 bits per heavy atom. The van der Waals surface area contributed by atoms with Crippen molar-refractivity contribution in [1.29, 1.82) is 0 Å². The first-order valence-corrected chi connectivity index (χ1v) is 9.99. The molecule has 0 saturated carbocycles. The predicted molar refractivity (Wildman–Crippen MR) is 110 cm³/mol. The largest absolute Gasteiger partial charge is 0.469 e. The van der Waals surface area contributed by atoms with Gasteiger partial charge in [-0.2, -0.15) is 0 Å². The highest BCUT2D eigenvalue weighted by atomic mass is 35.5. The first-order valence-electron chi connectivity index (χ1n) is 9.61. The third-order valence-electron chi connectivity index (χ3n) is 5.15. The lowest BCUT2D eigenvalue weighted by Crippen LogP contribution is -2.42. The Morgan fingerprint density at radius 2 is 2.03 bits per heavy atom. The minimum atomic E-state index is -1.40. The van der Waals surface area contributed by atoms with Crippen LogP contribution in [0, 0.1) is 0 Å². The summed E-state index contributed by atoms with van der Waals surface area (Å²) in [6, 6.07) is 7.99. The van der Waals surface area contributed by atoms with E-state index < -0.39 is 17.5 Å². The molecule has 0 amide bonds. The Bertz CT molecular complexity index is 923. The second-order valence-electron chi connectivity index (χ2n) is 7.19. The van der Waals surface area contributed by atoms with Crippen molar-refractivity contribution in [2.24, 2.45) is 5.16 Å². The Morgan fingerprint density at radius 3 is 2.79 bits per heavy atom. The molecule has 29 heavy (non-hydrogen) atoms. The second-order valence-corrected chi connectivity index (χ2v) is 7.62. The monoisotopic (exact) mass is 420 g/mol. The van der Waals surface area contributed by atoms with Crippen molar-refractivity contribution in [2.45, 2.75) is 50.7 Å². The SMILES string of the molecule is COC(=O)CC1(C(=O)OC)CC(CCCCCn2ccc3ccc(Cl)cc32)=NO1. The number of hydrogen-bond donors (Lipinski definition) is 0. The van der Waals surface area contributed by atoms with E-state index in [2.05, 4.69) is 26.7 Å². The van der Waals surface area contributed by atoms with Gasteiger partial charge in [0.2, 0.25) is 5.60 Å². The molecule has 0 fully saturated rings. The van der Waals surface area contributed by atoms with Crippen LogP contribution in [0.1, 0.15) is 38.5 Å². The van der Waals surface area contributed by atoms with Crippen molar-refractivity contribution in [3.63, 3.8) is 0 Å². The topological polar surface area (TPSA) is 79.1 Å². The maximum atomic E-state index is 12.1. The smallest absolute Gasteiger partial charge is 0.354 e. The highest BCUT2D eigenvalue weighted by molar-refractivity contribution is 6.31. The zero-order chi connectivity index (χ0) is 20.9. The maximum Gasteiger partial charge on any atom is 0.354 e. The summed E-state index contributed by atoms with van der Waals surface area (Å²) in [6.45, 7) is 0.904. The second kappa shape index (κ2) is 9.31. The third kappa shape index (κ3) is 4.90. The minimum absolute atomic E-state index is 0.216. The average Bonchev–Trinajstić information content (AvgIpc) is 3.31. The summed E-state index contributed by atoms with van der Waals surface area (Å²) in [7, 11) is 2.53. The Kier molecular flexibility index (Phi) is 6.79. The van der Waals surface area contributed by atoms with Gasteiger partial charge in [-0.15, -0.1) is 0 Å². The van der Waals surface area contributed by atoms with Crippen LogP contribution in [0.2, 0.25) is 5.02 Å². The van der Waals surface area contributed by atoms with Gasteiger partial charge in [0.05, 0.1) is 26.4 Å². The molecule has 0 N–H and O–H groups in total. The molecular formula is C21H25ClN2O5. The van der Waals surface area contributed by atoms with Crippen molar-refractivity contribution < 1.29 is 23.9 Å². The zero-order valence-electron chi connectivity index (χ0n) is 16.7. The number of carbonyl (C=O) groups is 2. The number of rotatable bonds is 9. The summed E-state index contributed by atoms with van der Waals surface area (Å²) in [5.41, 5.74) is 0.495. The van der Waals surface area contributed by atoms with E-state index in [4.69, 9.17) is 21.2 Å². The van der Waals surface area contributed by atoms with Crippen LogP contribution in [0.4, 0.5) is 0 Å². The van der Waals surface area contributed by atoms with Gasteiger partial charge < -0.3 is 18.9 Å². The molecule has 0 radical (unpaired) electrons. The van der Waals surface area contributed by atoms with E-state index in [9.17, 15) is 9.59 Å². The number of carbonyl (C=O) groups excluding carboxylic acids is 2. The molecule has 2 aromatic rings. The van der Waals surface area contributed by atoms with E-state index in [1.54, 1.807) is 0 Å². The Hall–Kier alpha value is -2.54. The van der Waals surface area contributed by atoms with Crippen LogP contribution in [-0.4, -0.2) is 42.0 Å². The quantitative estimate of drug-likeness (QED) is 0.450. The minimum Gasteiger partial charge on any atom is -0.469 e. The fourth-order valence-corrected chi connectivity index (χ4v) is 3.75. The van der Waals surface area contributed by atoms with Gasteiger partial charge in [-0.25, -0.2) is 4.79 Å². The molecule has 7 nitrogen and oxygen atoms in total. The third-order valence-corrected chi connectivity index (χ3v) is 5.39. The lowest BCUT2D eigenvalue weighted by Gasteiger charge is -2.22. The number of ether oxygens (including phenoxy) is 2. The first-order chi connectivity index (χ1) is 14.0. The molecule has 2 heterocycles. The highest BCUT2D eigenvalue weighted by Crippen LogP contribution is 2.31. The average molecular weight is 421 g/mol. The molecule has 1 aromatic heterocycles. The van der Waals surface area contributed by atoms with Crippen LogP contribution < -0.4 is 0 Å². The molecule has 0 saturated heterocycles. The Labute approximate surface area is 174 Å². The molecule has 1 atom stereocenters. The number of fused-ring (bicyclic) bond motifs is 1. The van der Waals surface area contributed by atoms with E-state index in [1.165, 1.54) is 19.6 Å². The molecule has 8 heteroatoms. The number of methoxy groups -OCH3 is 2. The number of nitrogens with zero attached hydrogens (tertiary/aromatic N) is 2. The van der Waals surface area contributed by atoms with Gasteiger partial charge in [-0.05, 0) is 42.8 Å². The fourth-order valence-electron chi connectivity index (χ4n) is 3.59. The molecule has 1 aromatic carbocycles. The van der Waals surface area contributed by atoms with Crippen molar-refractivity contribution in [3.05, 3.63) is 35.5 Å². The maximum absolute atomic E-state index is 12.1. The normalized spacial score (nSPS) is 18.4. The number of aromatic nitrogens is 1. The zero-order valence-corrected chi connectivity index (χ0v) is 17.4. The van der Waals surface area contributed by atoms with Gasteiger partial charge >= 0.3 is 11.9 Å². The molecule has 156 valence electrons. The van der Waals surface area contributed by atoms with Crippen molar-refractivity contribution in [3.8, 4) is 0 Å². The van der Waals surface area contributed by atoms with Crippen LogP contribution in [0.5, 0.6) is 0 Å². The number of benzene rings is 1. The first kappa shape index (κ1) is 21.2. The van der Waals surface area contributed by atoms with Crippen LogP contribution in [0.3, 0.4) is 0 Å².